The lowest BCUT2D eigenvalue weighted by molar-refractivity contribution is -0.121. The first-order valence-electron chi connectivity index (χ1n) is 7.88. The van der Waals surface area contributed by atoms with Crippen LogP contribution in [0, 0.1) is 0 Å². The van der Waals surface area contributed by atoms with E-state index in [2.05, 4.69) is 36.8 Å². The van der Waals surface area contributed by atoms with Gasteiger partial charge in [-0.3, -0.25) is 14.7 Å². The third-order valence-electron chi connectivity index (χ3n) is 3.62. The lowest BCUT2D eigenvalue weighted by Crippen LogP contribution is -2.35. The summed E-state index contributed by atoms with van der Waals surface area (Å²) in [7, 11) is 0. The van der Waals surface area contributed by atoms with Crippen LogP contribution >= 0.6 is 15.9 Å². The van der Waals surface area contributed by atoms with E-state index in [9.17, 15) is 9.59 Å². The molecule has 0 radical (unpaired) electrons. The first-order valence-corrected chi connectivity index (χ1v) is 8.67. The molecule has 1 aromatic carbocycles. The summed E-state index contributed by atoms with van der Waals surface area (Å²) in [6.07, 6.45) is 1.13. The predicted octanol–water partition coefficient (Wildman–Crippen LogP) is 2.87. The lowest BCUT2D eigenvalue weighted by atomic mass is 10.1. The number of nitrogens with zero attached hydrogens (tertiary/aromatic N) is 1. The molecular formula is C17H21BrN4O2. The monoisotopic (exact) mass is 392 g/mol. The summed E-state index contributed by atoms with van der Waals surface area (Å²) in [5, 5.41) is 12.4. The van der Waals surface area contributed by atoms with Crippen molar-refractivity contribution in [3.05, 3.63) is 40.5 Å². The molecule has 1 unspecified atom stereocenters. The van der Waals surface area contributed by atoms with Gasteiger partial charge < -0.3 is 10.6 Å². The summed E-state index contributed by atoms with van der Waals surface area (Å²) in [4.78, 5) is 23.7. The Morgan fingerprint density at radius 3 is 2.67 bits per heavy atom. The highest BCUT2D eigenvalue weighted by molar-refractivity contribution is 9.10. The number of H-pyrrole nitrogens is 1. The second kappa shape index (κ2) is 8.63. The van der Waals surface area contributed by atoms with Gasteiger partial charge in [-0.25, -0.2) is 0 Å². The molecule has 3 N–H and O–H groups in total. The van der Waals surface area contributed by atoms with Crippen molar-refractivity contribution in [3.63, 3.8) is 0 Å². The molecule has 7 heteroatoms. The van der Waals surface area contributed by atoms with Crippen molar-refractivity contribution in [2.75, 3.05) is 6.54 Å². The third-order valence-corrected chi connectivity index (χ3v) is 4.15. The molecular weight excluding hydrogens is 372 g/mol. The van der Waals surface area contributed by atoms with Crippen LogP contribution in [0.4, 0.5) is 0 Å². The first-order chi connectivity index (χ1) is 11.5. The molecule has 0 aliphatic heterocycles. The zero-order valence-electron chi connectivity index (χ0n) is 13.7. The van der Waals surface area contributed by atoms with E-state index in [1.807, 2.05) is 38.1 Å². The SMILES string of the molecule is CCC(C)NC(=O)CCNC(=O)c1cc(-c2ccc(Br)cc2)n[nH]1. The molecule has 6 nitrogen and oxygen atoms in total. The summed E-state index contributed by atoms with van der Waals surface area (Å²) >= 11 is 3.38. The molecule has 1 heterocycles. The minimum atomic E-state index is -0.276. The zero-order chi connectivity index (χ0) is 17.5. The number of benzene rings is 1. The van der Waals surface area contributed by atoms with Gasteiger partial charge in [-0.1, -0.05) is 35.0 Å². The molecule has 1 atom stereocenters. The van der Waals surface area contributed by atoms with E-state index in [1.165, 1.54) is 0 Å². The molecule has 24 heavy (non-hydrogen) atoms. The molecule has 2 rings (SSSR count). The van der Waals surface area contributed by atoms with Crippen LogP contribution in [0.15, 0.2) is 34.8 Å². The van der Waals surface area contributed by atoms with E-state index in [0.717, 1.165) is 16.5 Å². The highest BCUT2D eigenvalue weighted by Crippen LogP contribution is 2.20. The van der Waals surface area contributed by atoms with Crippen molar-refractivity contribution in [1.29, 1.82) is 0 Å². The van der Waals surface area contributed by atoms with E-state index >= 15 is 0 Å². The number of hydrogen-bond donors (Lipinski definition) is 3. The predicted molar refractivity (Wildman–Crippen MR) is 96.6 cm³/mol. The van der Waals surface area contributed by atoms with E-state index in [4.69, 9.17) is 0 Å². The number of rotatable bonds is 7. The Bertz CT molecular complexity index is 697. The maximum Gasteiger partial charge on any atom is 0.269 e. The van der Waals surface area contributed by atoms with Crippen LogP contribution < -0.4 is 10.6 Å². The number of hydrogen-bond acceptors (Lipinski definition) is 3. The normalized spacial score (nSPS) is 11.8. The number of carbonyl (C=O) groups excluding carboxylic acids is 2. The fourth-order valence-electron chi connectivity index (χ4n) is 2.04. The average molecular weight is 393 g/mol. The molecule has 0 aliphatic carbocycles. The quantitative estimate of drug-likeness (QED) is 0.676. The van der Waals surface area contributed by atoms with Gasteiger partial charge in [0.15, 0.2) is 0 Å². The van der Waals surface area contributed by atoms with Crippen molar-refractivity contribution in [3.8, 4) is 11.3 Å². The van der Waals surface area contributed by atoms with Gasteiger partial charge in [-0.15, -0.1) is 0 Å². The molecule has 0 fully saturated rings. The molecule has 1 aromatic heterocycles. The van der Waals surface area contributed by atoms with Crippen molar-refractivity contribution in [1.82, 2.24) is 20.8 Å². The van der Waals surface area contributed by atoms with Gasteiger partial charge in [-0.2, -0.15) is 5.10 Å². The van der Waals surface area contributed by atoms with E-state index < -0.39 is 0 Å². The van der Waals surface area contributed by atoms with Crippen LogP contribution in [0.3, 0.4) is 0 Å². The van der Waals surface area contributed by atoms with Gasteiger partial charge in [0.1, 0.15) is 5.69 Å². The number of halogens is 1. The molecule has 128 valence electrons. The van der Waals surface area contributed by atoms with E-state index in [0.29, 0.717) is 11.4 Å². The topological polar surface area (TPSA) is 86.9 Å². The molecule has 0 spiro atoms. The van der Waals surface area contributed by atoms with Crippen LogP contribution in [-0.4, -0.2) is 34.6 Å². The van der Waals surface area contributed by atoms with Gasteiger partial charge in [0.05, 0.1) is 5.69 Å². The average Bonchev–Trinajstić information content (AvgIpc) is 3.05. The Labute approximate surface area is 149 Å². The Morgan fingerprint density at radius 2 is 2.00 bits per heavy atom. The highest BCUT2D eigenvalue weighted by Gasteiger charge is 2.12. The fraction of sp³-hybridized carbons (Fsp3) is 0.353. The minimum absolute atomic E-state index is 0.0650. The summed E-state index contributed by atoms with van der Waals surface area (Å²) in [5.74, 6) is -0.341. The van der Waals surface area contributed by atoms with Gasteiger partial charge >= 0.3 is 0 Å². The summed E-state index contributed by atoms with van der Waals surface area (Å²) in [6.45, 7) is 4.24. The Morgan fingerprint density at radius 1 is 1.29 bits per heavy atom. The minimum Gasteiger partial charge on any atom is -0.354 e. The van der Waals surface area contributed by atoms with Gasteiger partial charge in [0.25, 0.3) is 5.91 Å². The van der Waals surface area contributed by atoms with Crippen LogP contribution in [-0.2, 0) is 4.79 Å². The van der Waals surface area contributed by atoms with Crippen LogP contribution in [0.5, 0.6) is 0 Å². The van der Waals surface area contributed by atoms with Crippen LogP contribution in [0.1, 0.15) is 37.2 Å². The number of aromatic nitrogens is 2. The molecule has 0 bridgehead atoms. The van der Waals surface area contributed by atoms with Crippen LogP contribution in [0.2, 0.25) is 0 Å². The molecule has 0 saturated heterocycles. The van der Waals surface area contributed by atoms with E-state index in [-0.39, 0.29) is 30.8 Å². The maximum atomic E-state index is 12.1. The lowest BCUT2D eigenvalue weighted by Gasteiger charge is -2.11. The number of nitrogens with one attached hydrogen (secondary N) is 3. The van der Waals surface area contributed by atoms with Crippen LogP contribution in [0.25, 0.3) is 11.3 Å². The fourth-order valence-corrected chi connectivity index (χ4v) is 2.30. The standard InChI is InChI=1S/C17H21BrN4O2/c1-3-11(2)20-16(23)8-9-19-17(24)15-10-14(21-22-15)12-4-6-13(18)7-5-12/h4-7,10-11H,3,8-9H2,1-2H3,(H,19,24)(H,20,23)(H,21,22). The van der Waals surface area contributed by atoms with Gasteiger partial charge in [0.2, 0.25) is 5.91 Å². The highest BCUT2D eigenvalue weighted by atomic mass is 79.9. The smallest absolute Gasteiger partial charge is 0.269 e. The largest absolute Gasteiger partial charge is 0.354 e. The molecule has 2 aromatic rings. The summed E-state index contributed by atoms with van der Waals surface area (Å²) in [6, 6.07) is 9.51. The molecule has 0 saturated carbocycles. The zero-order valence-corrected chi connectivity index (χ0v) is 15.3. The Kier molecular flexibility index (Phi) is 6.54. The Hall–Kier alpha value is -2.15. The van der Waals surface area contributed by atoms with Crippen molar-refractivity contribution in [2.24, 2.45) is 0 Å². The summed E-state index contributed by atoms with van der Waals surface area (Å²) < 4.78 is 0.982. The molecule has 0 aliphatic rings. The summed E-state index contributed by atoms with van der Waals surface area (Å²) in [5.41, 5.74) is 1.99. The second-order valence-corrected chi connectivity index (χ2v) is 6.47. The van der Waals surface area contributed by atoms with Gasteiger partial charge in [0, 0.05) is 29.0 Å². The van der Waals surface area contributed by atoms with Crippen molar-refractivity contribution < 1.29 is 9.59 Å². The number of aromatic amines is 1. The third kappa shape index (κ3) is 5.19. The van der Waals surface area contributed by atoms with Gasteiger partial charge in [-0.05, 0) is 31.5 Å². The second-order valence-electron chi connectivity index (χ2n) is 5.56. The van der Waals surface area contributed by atoms with Crippen molar-refractivity contribution >= 4 is 27.7 Å². The Balaban J connectivity index is 1.85. The maximum absolute atomic E-state index is 12.1. The number of amides is 2. The van der Waals surface area contributed by atoms with Crippen molar-refractivity contribution in [2.45, 2.75) is 32.7 Å². The number of carbonyl (C=O) groups is 2. The van der Waals surface area contributed by atoms with E-state index in [1.54, 1.807) is 6.07 Å². The molecule has 2 amide bonds. The first kappa shape index (κ1) is 18.2.